The van der Waals surface area contributed by atoms with E-state index in [1.807, 2.05) is 13.8 Å². The summed E-state index contributed by atoms with van der Waals surface area (Å²) in [6.07, 6.45) is 3.41. The summed E-state index contributed by atoms with van der Waals surface area (Å²) in [7, 11) is 5.64. The number of rotatable bonds is 5. The Morgan fingerprint density at radius 3 is 2.84 bits per heavy atom. The molecule has 1 aliphatic heterocycles. The zero-order chi connectivity index (χ0) is 17.8. The predicted molar refractivity (Wildman–Crippen MR) is 93.2 cm³/mol. The van der Waals surface area contributed by atoms with Crippen molar-refractivity contribution < 1.29 is 9.26 Å². The first-order chi connectivity index (χ1) is 12.1. The van der Waals surface area contributed by atoms with Crippen LogP contribution in [0.5, 0.6) is 5.88 Å². The van der Waals surface area contributed by atoms with Crippen LogP contribution >= 0.6 is 0 Å². The lowest BCUT2D eigenvalue weighted by Crippen LogP contribution is -2.35. The molecule has 3 heterocycles. The van der Waals surface area contributed by atoms with Crippen LogP contribution in [0.3, 0.4) is 0 Å². The molecular weight excluding hydrogens is 317 g/mol. The van der Waals surface area contributed by atoms with Gasteiger partial charge in [-0.3, -0.25) is 0 Å². The fourth-order valence-electron chi connectivity index (χ4n) is 2.74. The first-order valence-electron chi connectivity index (χ1n) is 8.43. The average molecular weight is 337 g/mol. The van der Waals surface area contributed by atoms with Crippen molar-refractivity contribution in [3.05, 3.63) is 23.7 Å². The normalized spacial score (nSPS) is 15.4. The van der Waals surface area contributed by atoms with Gasteiger partial charge in [0.15, 0.2) is 5.82 Å². The molecule has 1 saturated heterocycles. The first kappa shape index (κ1) is 17.3. The molecule has 2 aromatic rings. The van der Waals surface area contributed by atoms with Crippen molar-refractivity contribution in [1.29, 1.82) is 5.26 Å². The summed E-state index contributed by atoms with van der Waals surface area (Å²) in [5.41, 5.74) is 0.821. The van der Waals surface area contributed by atoms with Crippen molar-refractivity contribution in [2.24, 2.45) is 5.92 Å². The summed E-state index contributed by atoms with van der Waals surface area (Å²) in [6.45, 7) is 6.29. The zero-order valence-corrected chi connectivity index (χ0v) is 14.5. The van der Waals surface area contributed by atoms with Crippen LogP contribution < -0.4 is 15.1 Å². The average Bonchev–Trinajstić information content (AvgIpc) is 3.11. The summed E-state index contributed by atoms with van der Waals surface area (Å²) in [6, 6.07) is 4.23. The Bertz CT molecular complexity index is 763. The first-order valence-corrected chi connectivity index (χ1v) is 8.43. The highest BCUT2D eigenvalue weighted by Crippen LogP contribution is 2.24. The second kappa shape index (κ2) is 7.56. The SMILES string of the molecule is [B]c1cnc(OCC2CCN(c3nc(C(C)C)no3)CC2)c(C#N)c1. The topological polar surface area (TPSA) is 88.1 Å². The number of anilines is 1. The maximum absolute atomic E-state index is 9.13. The third-order valence-corrected chi connectivity index (χ3v) is 4.28. The van der Waals surface area contributed by atoms with Gasteiger partial charge in [-0.1, -0.05) is 24.5 Å². The molecule has 0 unspecified atom stereocenters. The molecule has 128 valence electrons. The van der Waals surface area contributed by atoms with Crippen LogP contribution in [-0.2, 0) is 0 Å². The smallest absolute Gasteiger partial charge is 0.324 e. The Hall–Kier alpha value is -2.56. The fraction of sp³-hybridized carbons (Fsp3) is 0.529. The number of hydrogen-bond acceptors (Lipinski definition) is 7. The molecular formula is C17H20BN5O2. The van der Waals surface area contributed by atoms with Gasteiger partial charge in [0.25, 0.3) is 0 Å². The number of ether oxygens (including phenoxy) is 1. The largest absolute Gasteiger partial charge is 0.476 e. The van der Waals surface area contributed by atoms with E-state index in [-0.39, 0.29) is 5.92 Å². The molecule has 2 radical (unpaired) electrons. The Kier molecular flexibility index (Phi) is 5.22. The monoisotopic (exact) mass is 337 g/mol. The Morgan fingerprint density at radius 1 is 1.44 bits per heavy atom. The number of aromatic nitrogens is 3. The summed E-state index contributed by atoms with van der Waals surface area (Å²) in [5, 5.41) is 13.1. The van der Waals surface area contributed by atoms with Crippen molar-refractivity contribution in [2.75, 3.05) is 24.6 Å². The van der Waals surface area contributed by atoms with Gasteiger partial charge < -0.3 is 14.2 Å². The second-order valence-electron chi connectivity index (χ2n) is 6.56. The molecule has 0 spiro atoms. The number of piperidine rings is 1. The molecule has 25 heavy (non-hydrogen) atoms. The molecule has 0 aromatic carbocycles. The molecule has 7 nitrogen and oxygen atoms in total. The van der Waals surface area contributed by atoms with Crippen LogP contribution in [0.25, 0.3) is 0 Å². The van der Waals surface area contributed by atoms with Crippen LogP contribution in [0, 0.1) is 17.2 Å². The van der Waals surface area contributed by atoms with Gasteiger partial charge in [0, 0.05) is 25.2 Å². The van der Waals surface area contributed by atoms with E-state index in [4.69, 9.17) is 22.4 Å². The minimum atomic E-state index is 0.255. The Balaban J connectivity index is 1.52. The number of nitrogens with zero attached hydrogens (tertiary/aromatic N) is 5. The molecule has 0 amide bonds. The molecule has 0 aliphatic carbocycles. The third-order valence-electron chi connectivity index (χ3n) is 4.28. The van der Waals surface area contributed by atoms with Crippen LogP contribution in [0.1, 0.15) is 44.0 Å². The summed E-state index contributed by atoms with van der Waals surface area (Å²) >= 11 is 0. The van der Waals surface area contributed by atoms with Crippen molar-refractivity contribution >= 4 is 19.3 Å². The van der Waals surface area contributed by atoms with E-state index in [1.165, 1.54) is 6.20 Å². The standard InChI is InChI=1S/C17H20BN5O2/c1-11(2)15-21-17(25-22-15)23-5-3-12(4-6-23)10-24-16-13(8-19)7-14(18)9-20-16/h7,9,11-12H,3-6,10H2,1-2H3. The van der Waals surface area contributed by atoms with Gasteiger partial charge in [0.05, 0.1) is 6.61 Å². The highest BCUT2D eigenvalue weighted by atomic mass is 16.5. The third kappa shape index (κ3) is 4.10. The van der Waals surface area contributed by atoms with Crippen molar-refractivity contribution in [1.82, 2.24) is 15.1 Å². The van der Waals surface area contributed by atoms with E-state index >= 15 is 0 Å². The lowest BCUT2D eigenvalue weighted by Gasteiger charge is -2.30. The molecule has 0 saturated carbocycles. The highest BCUT2D eigenvalue weighted by Gasteiger charge is 2.24. The minimum absolute atomic E-state index is 0.255. The van der Waals surface area contributed by atoms with E-state index in [0.717, 1.165) is 31.8 Å². The molecule has 1 aliphatic rings. The van der Waals surface area contributed by atoms with E-state index < -0.39 is 0 Å². The van der Waals surface area contributed by atoms with Gasteiger partial charge in [0.1, 0.15) is 19.5 Å². The van der Waals surface area contributed by atoms with E-state index in [2.05, 4.69) is 26.1 Å². The summed E-state index contributed by atoms with van der Waals surface area (Å²) < 4.78 is 11.1. The number of nitriles is 1. The Morgan fingerprint density at radius 2 is 2.20 bits per heavy atom. The lowest BCUT2D eigenvalue weighted by atomic mass is 9.97. The minimum Gasteiger partial charge on any atom is -0.476 e. The maximum atomic E-state index is 9.13. The molecule has 0 bridgehead atoms. The van der Waals surface area contributed by atoms with E-state index in [0.29, 0.717) is 35.4 Å². The number of pyridine rings is 1. The summed E-state index contributed by atoms with van der Waals surface area (Å²) in [4.78, 5) is 10.7. The molecule has 8 heteroatoms. The highest BCUT2D eigenvalue weighted by molar-refractivity contribution is 6.32. The second-order valence-corrected chi connectivity index (χ2v) is 6.56. The fourth-order valence-corrected chi connectivity index (χ4v) is 2.74. The maximum Gasteiger partial charge on any atom is 0.324 e. The predicted octanol–water partition coefficient (Wildman–Crippen LogP) is 1.55. The van der Waals surface area contributed by atoms with Gasteiger partial charge in [-0.2, -0.15) is 10.2 Å². The van der Waals surface area contributed by atoms with Crippen molar-refractivity contribution in [3.8, 4) is 11.9 Å². The van der Waals surface area contributed by atoms with E-state index in [9.17, 15) is 0 Å². The van der Waals surface area contributed by atoms with Gasteiger partial charge in [-0.15, -0.1) is 0 Å². The molecule has 0 atom stereocenters. The van der Waals surface area contributed by atoms with Gasteiger partial charge in [0.2, 0.25) is 5.88 Å². The number of hydrogen-bond donors (Lipinski definition) is 0. The van der Waals surface area contributed by atoms with Crippen LogP contribution in [0.2, 0.25) is 0 Å². The van der Waals surface area contributed by atoms with Crippen molar-refractivity contribution in [2.45, 2.75) is 32.6 Å². The van der Waals surface area contributed by atoms with Gasteiger partial charge in [-0.05, 0) is 24.8 Å². The van der Waals surface area contributed by atoms with Crippen LogP contribution in [-0.4, -0.2) is 42.7 Å². The molecule has 1 fully saturated rings. The zero-order valence-electron chi connectivity index (χ0n) is 14.5. The lowest BCUT2D eigenvalue weighted by molar-refractivity contribution is 0.213. The quantitative estimate of drug-likeness (QED) is 0.765. The molecule has 0 N–H and O–H groups in total. The molecule has 2 aromatic heterocycles. The van der Waals surface area contributed by atoms with E-state index in [1.54, 1.807) is 6.07 Å². The molecule has 3 rings (SSSR count). The van der Waals surface area contributed by atoms with Crippen LogP contribution in [0.15, 0.2) is 16.8 Å². The van der Waals surface area contributed by atoms with Crippen LogP contribution in [0.4, 0.5) is 6.01 Å². The van der Waals surface area contributed by atoms with Crippen molar-refractivity contribution in [3.63, 3.8) is 0 Å². The van der Waals surface area contributed by atoms with Gasteiger partial charge in [-0.25, -0.2) is 4.98 Å². The Labute approximate surface area is 148 Å². The summed E-state index contributed by atoms with van der Waals surface area (Å²) in [5.74, 6) is 1.73. The van der Waals surface area contributed by atoms with Gasteiger partial charge >= 0.3 is 6.01 Å².